The Hall–Kier alpha value is -1.38. The van der Waals surface area contributed by atoms with Gasteiger partial charge in [-0.1, -0.05) is 16.6 Å². The van der Waals surface area contributed by atoms with E-state index >= 15 is 0 Å². The lowest BCUT2D eigenvalue weighted by molar-refractivity contribution is 0.381. The van der Waals surface area contributed by atoms with Gasteiger partial charge in [-0.15, -0.1) is 0 Å². The van der Waals surface area contributed by atoms with Crippen LogP contribution in [-0.4, -0.2) is 9.77 Å². The molecule has 0 amide bonds. The lowest BCUT2D eigenvalue weighted by atomic mass is 10.3. The normalized spacial score (nSPS) is 10.5. The summed E-state index contributed by atoms with van der Waals surface area (Å²) in [5.74, 6) is 0. The Morgan fingerprint density at radius 2 is 2.20 bits per heavy atom. The van der Waals surface area contributed by atoms with Crippen molar-refractivity contribution in [3.63, 3.8) is 0 Å². The van der Waals surface area contributed by atoms with E-state index in [0.717, 1.165) is 0 Å². The minimum atomic E-state index is 0.384. The fraction of sp³-hybridized carbons (Fsp3) is 0. The molecule has 0 N–H and O–H groups in total. The minimum absolute atomic E-state index is 0.384. The Morgan fingerprint density at radius 1 is 1.40 bits per heavy atom. The Morgan fingerprint density at radius 3 is 3.00 bits per heavy atom. The van der Waals surface area contributed by atoms with Crippen molar-refractivity contribution in [2.24, 2.45) is 0 Å². The number of aromatic nitrogens is 2. The number of nitrogens with zero attached hydrogens (tertiary/aromatic N) is 2. The number of halogens is 1. The summed E-state index contributed by atoms with van der Waals surface area (Å²) >= 11 is 0. The summed E-state index contributed by atoms with van der Waals surface area (Å²) in [6.45, 7) is 0. The average Bonchev–Trinajstić information content (AvgIpc) is 2.34. The zero-order valence-electron chi connectivity index (χ0n) is 5.08. The quantitative estimate of drug-likeness (QED) is 0.536. The molecule has 10 heavy (non-hydrogen) atoms. The van der Waals surface area contributed by atoms with Crippen LogP contribution in [-0.2, 0) is 0 Å². The highest BCUT2D eigenvalue weighted by molar-refractivity contribution is 5.74. The summed E-state index contributed by atoms with van der Waals surface area (Å²) in [7, 11) is 0. The van der Waals surface area contributed by atoms with Gasteiger partial charge in [0.15, 0.2) is 0 Å². The number of fused-ring (bicyclic) bond motifs is 1. The Balaban J connectivity index is 2.93. The fourth-order valence-electron chi connectivity index (χ4n) is 0.876. The van der Waals surface area contributed by atoms with E-state index in [2.05, 4.69) is 11.3 Å². The van der Waals surface area contributed by atoms with Crippen molar-refractivity contribution in [1.29, 1.82) is 0 Å². The summed E-state index contributed by atoms with van der Waals surface area (Å²) in [4.78, 5) is 4.07. The van der Waals surface area contributed by atoms with Gasteiger partial charge in [-0.25, -0.2) is 4.98 Å². The van der Waals surface area contributed by atoms with Crippen molar-refractivity contribution in [3.05, 3.63) is 30.6 Å². The second kappa shape index (κ2) is 1.80. The number of rotatable bonds is 0. The van der Waals surface area contributed by atoms with E-state index < -0.39 is 0 Å². The van der Waals surface area contributed by atoms with Crippen LogP contribution in [0.4, 0.5) is 4.48 Å². The SMILES string of the molecule is Fn1[c]nc2ccccc21. The van der Waals surface area contributed by atoms with Gasteiger partial charge in [-0.3, -0.25) is 0 Å². The summed E-state index contributed by atoms with van der Waals surface area (Å²) in [6.07, 6.45) is 2.18. The lowest BCUT2D eigenvalue weighted by Crippen LogP contribution is -1.75. The Labute approximate surface area is 56.9 Å². The van der Waals surface area contributed by atoms with Crippen LogP contribution in [0.15, 0.2) is 24.3 Å². The molecule has 0 aliphatic heterocycles. The molecule has 49 valence electrons. The van der Waals surface area contributed by atoms with Crippen LogP contribution in [0.2, 0.25) is 0 Å². The molecule has 2 nitrogen and oxygen atoms in total. The molecule has 1 aromatic heterocycles. The lowest BCUT2D eigenvalue weighted by Gasteiger charge is -1.85. The van der Waals surface area contributed by atoms with Crippen LogP contribution in [0.25, 0.3) is 11.0 Å². The van der Waals surface area contributed by atoms with Crippen molar-refractivity contribution in [3.8, 4) is 0 Å². The van der Waals surface area contributed by atoms with E-state index in [0.29, 0.717) is 15.8 Å². The summed E-state index contributed by atoms with van der Waals surface area (Å²) in [6, 6.07) is 6.96. The monoisotopic (exact) mass is 135 g/mol. The highest BCUT2D eigenvalue weighted by Crippen LogP contribution is 2.09. The standard InChI is InChI=1S/C7H4FN2/c8-10-5-9-6-3-1-2-4-7(6)10/h1-4H. The average molecular weight is 135 g/mol. The second-order valence-corrected chi connectivity index (χ2v) is 1.98. The fourth-order valence-corrected chi connectivity index (χ4v) is 0.876. The Kier molecular flexibility index (Phi) is 0.974. The molecule has 0 aliphatic carbocycles. The highest BCUT2D eigenvalue weighted by Gasteiger charge is 1.98. The Bertz CT molecular complexity index is 353. The first-order valence-electron chi connectivity index (χ1n) is 2.89. The number of imidazole rings is 1. The minimum Gasteiger partial charge on any atom is -0.223 e. The van der Waals surface area contributed by atoms with Crippen molar-refractivity contribution >= 4 is 11.0 Å². The highest BCUT2D eigenvalue weighted by atomic mass is 19.2. The first-order chi connectivity index (χ1) is 4.88. The third-order valence-corrected chi connectivity index (χ3v) is 1.35. The molecule has 0 saturated heterocycles. The molecule has 1 heterocycles. The topological polar surface area (TPSA) is 17.8 Å². The van der Waals surface area contributed by atoms with Gasteiger partial charge in [-0.2, -0.15) is 4.79 Å². The number of hydrogen-bond donors (Lipinski definition) is 0. The van der Waals surface area contributed by atoms with Crippen LogP contribution in [0.1, 0.15) is 0 Å². The summed E-state index contributed by atoms with van der Waals surface area (Å²) in [5.41, 5.74) is 1.09. The maximum atomic E-state index is 12.5. The van der Waals surface area contributed by atoms with Gasteiger partial charge in [0.25, 0.3) is 0 Å². The van der Waals surface area contributed by atoms with Gasteiger partial charge < -0.3 is 0 Å². The molecule has 0 spiro atoms. The molecule has 0 atom stereocenters. The molecule has 0 fully saturated rings. The molecule has 0 aliphatic rings. The second-order valence-electron chi connectivity index (χ2n) is 1.98. The van der Waals surface area contributed by atoms with E-state index in [4.69, 9.17) is 0 Å². The van der Waals surface area contributed by atoms with Crippen LogP contribution < -0.4 is 0 Å². The molecule has 2 rings (SSSR count). The zero-order chi connectivity index (χ0) is 6.97. The van der Waals surface area contributed by atoms with Crippen molar-refractivity contribution in [2.75, 3.05) is 0 Å². The zero-order valence-corrected chi connectivity index (χ0v) is 5.08. The maximum Gasteiger partial charge on any atom is 0.209 e. The van der Waals surface area contributed by atoms with E-state index in [-0.39, 0.29) is 0 Å². The smallest absolute Gasteiger partial charge is 0.209 e. The molecule has 1 radical (unpaired) electrons. The molecule has 0 saturated carbocycles. The van der Waals surface area contributed by atoms with E-state index in [1.54, 1.807) is 18.2 Å². The number of benzene rings is 1. The van der Waals surface area contributed by atoms with E-state index in [1.165, 1.54) is 0 Å². The van der Waals surface area contributed by atoms with Gasteiger partial charge in [0, 0.05) is 0 Å². The number of hydrogen-bond acceptors (Lipinski definition) is 1. The van der Waals surface area contributed by atoms with Crippen LogP contribution in [0, 0.1) is 6.33 Å². The van der Waals surface area contributed by atoms with E-state index in [1.807, 2.05) is 6.07 Å². The van der Waals surface area contributed by atoms with Crippen molar-refractivity contribution in [2.45, 2.75) is 0 Å². The number of para-hydroxylation sites is 2. The molecule has 2 aromatic rings. The largest absolute Gasteiger partial charge is 0.223 e. The molecule has 1 aromatic carbocycles. The van der Waals surface area contributed by atoms with Gasteiger partial charge in [0.2, 0.25) is 6.33 Å². The van der Waals surface area contributed by atoms with Crippen LogP contribution in [0.3, 0.4) is 0 Å². The third-order valence-electron chi connectivity index (χ3n) is 1.35. The first kappa shape index (κ1) is 5.41. The molecule has 3 heteroatoms. The first-order valence-corrected chi connectivity index (χ1v) is 2.89. The van der Waals surface area contributed by atoms with Crippen molar-refractivity contribution in [1.82, 2.24) is 9.77 Å². The molecule has 0 bridgehead atoms. The summed E-state index contributed by atoms with van der Waals surface area (Å²) in [5, 5.41) is 0. The third kappa shape index (κ3) is 0.603. The van der Waals surface area contributed by atoms with Crippen molar-refractivity contribution < 1.29 is 4.48 Å². The van der Waals surface area contributed by atoms with Crippen LogP contribution in [0.5, 0.6) is 0 Å². The molecular weight excluding hydrogens is 131 g/mol. The van der Waals surface area contributed by atoms with E-state index in [9.17, 15) is 4.48 Å². The predicted octanol–water partition coefficient (Wildman–Crippen LogP) is 1.57. The van der Waals surface area contributed by atoms with Gasteiger partial charge >= 0.3 is 0 Å². The van der Waals surface area contributed by atoms with Crippen LogP contribution >= 0.6 is 0 Å². The molecule has 0 unspecified atom stereocenters. The van der Waals surface area contributed by atoms with Gasteiger partial charge in [0.1, 0.15) is 5.52 Å². The van der Waals surface area contributed by atoms with Gasteiger partial charge in [-0.05, 0) is 12.1 Å². The molecular formula is C7H4FN2. The van der Waals surface area contributed by atoms with Gasteiger partial charge in [0.05, 0.1) is 5.52 Å². The maximum absolute atomic E-state index is 12.5. The summed E-state index contributed by atoms with van der Waals surface area (Å²) < 4.78 is 12.5. The predicted molar refractivity (Wildman–Crippen MR) is 35.1 cm³/mol.